The van der Waals surface area contributed by atoms with E-state index in [1.165, 1.54) is 0 Å². The molecule has 3 atom stereocenters. The second-order valence-corrected chi connectivity index (χ2v) is 11.9. The summed E-state index contributed by atoms with van der Waals surface area (Å²) in [6.45, 7) is 8.11. The molecule has 1 aliphatic carbocycles. The van der Waals surface area contributed by atoms with Crippen LogP contribution < -0.4 is 21.3 Å². The molecule has 2 unspecified atom stereocenters. The summed E-state index contributed by atoms with van der Waals surface area (Å²) in [6.07, 6.45) is 1.61. The molecular weight excluding hydrogens is 524 g/mol. The Morgan fingerprint density at radius 3 is 2.41 bits per heavy atom. The predicted octanol–water partition coefficient (Wildman–Crippen LogP) is 2.62. The smallest absolute Gasteiger partial charge is 0.407 e. The van der Waals surface area contributed by atoms with Gasteiger partial charge in [0.2, 0.25) is 17.6 Å². The van der Waals surface area contributed by atoms with Gasteiger partial charge in [0.25, 0.3) is 5.91 Å². The number of nitrogens with one attached hydrogen (secondary N) is 4. The minimum Gasteiger partial charge on any atom is -0.449 e. The molecule has 0 radical (unpaired) electrons. The molecule has 4 N–H and O–H groups in total. The van der Waals surface area contributed by atoms with Crippen LogP contribution in [0.25, 0.3) is 0 Å². The SMILES string of the molecule is CC(C)CC(NC(=O)OCC(C)(C)c1cccc(Cl)c1)C(=O)NC(C[C@@H]1CCNC1=O)C(=O)C(=O)NC1CC1. The van der Waals surface area contributed by atoms with Gasteiger partial charge in [-0.05, 0) is 55.7 Å². The van der Waals surface area contributed by atoms with E-state index in [0.717, 1.165) is 18.4 Å². The lowest BCUT2D eigenvalue weighted by atomic mass is 9.86. The van der Waals surface area contributed by atoms with Crippen LogP contribution in [0.1, 0.15) is 65.4 Å². The average Bonchev–Trinajstić information content (AvgIpc) is 3.60. The van der Waals surface area contributed by atoms with Crippen LogP contribution in [0.4, 0.5) is 4.79 Å². The van der Waals surface area contributed by atoms with Crippen molar-refractivity contribution in [3.8, 4) is 0 Å². The molecule has 0 aromatic heterocycles. The summed E-state index contributed by atoms with van der Waals surface area (Å²) in [4.78, 5) is 63.7. The molecule has 2 fully saturated rings. The zero-order valence-corrected chi connectivity index (χ0v) is 23.7. The zero-order valence-electron chi connectivity index (χ0n) is 23.0. The maximum atomic E-state index is 13.3. The van der Waals surface area contributed by atoms with Crippen LogP contribution in [-0.2, 0) is 29.3 Å². The number of hydrogen-bond acceptors (Lipinski definition) is 6. The first-order valence-corrected chi connectivity index (χ1v) is 13.9. The number of benzene rings is 1. The number of rotatable bonds is 13. The first kappa shape index (κ1) is 30.4. The Morgan fingerprint density at radius 1 is 1.10 bits per heavy atom. The van der Waals surface area contributed by atoms with Crippen LogP contribution in [0.2, 0.25) is 5.02 Å². The highest BCUT2D eigenvalue weighted by molar-refractivity contribution is 6.38. The molecule has 3 rings (SSSR count). The second kappa shape index (κ2) is 13.3. The lowest BCUT2D eigenvalue weighted by Gasteiger charge is -2.27. The predicted molar refractivity (Wildman–Crippen MR) is 146 cm³/mol. The van der Waals surface area contributed by atoms with Gasteiger partial charge in [-0.25, -0.2) is 4.79 Å². The summed E-state index contributed by atoms with van der Waals surface area (Å²) in [6, 6.07) is 5.04. The van der Waals surface area contributed by atoms with E-state index in [2.05, 4.69) is 21.3 Å². The molecular formula is C28H39ClN4O6. The highest BCUT2D eigenvalue weighted by Gasteiger charge is 2.37. The summed E-state index contributed by atoms with van der Waals surface area (Å²) in [5.41, 5.74) is 0.354. The van der Waals surface area contributed by atoms with E-state index in [4.69, 9.17) is 16.3 Å². The number of carbonyl (C=O) groups excluding carboxylic acids is 5. The van der Waals surface area contributed by atoms with Gasteiger partial charge in [0, 0.05) is 28.9 Å². The molecule has 0 bridgehead atoms. The Bertz CT molecular complexity index is 1090. The van der Waals surface area contributed by atoms with Crippen LogP contribution in [0.3, 0.4) is 0 Å². The Labute approximate surface area is 234 Å². The topological polar surface area (TPSA) is 143 Å². The summed E-state index contributed by atoms with van der Waals surface area (Å²) < 4.78 is 5.47. The number of amides is 4. The highest BCUT2D eigenvalue weighted by Crippen LogP contribution is 2.26. The second-order valence-electron chi connectivity index (χ2n) is 11.5. The maximum absolute atomic E-state index is 13.3. The number of ether oxygens (including phenoxy) is 1. The van der Waals surface area contributed by atoms with Crippen molar-refractivity contribution in [2.24, 2.45) is 11.8 Å². The van der Waals surface area contributed by atoms with Gasteiger partial charge in [-0.3, -0.25) is 19.2 Å². The normalized spacial score (nSPS) is 18.6. The van der Waals surface area contributed by atoms with Gasteiger partial charge in [-0.2, -0.15) is 0 Å². The van der Waals surface area contributed by atoms with E-state index in [0.29, 0.717) is 18.0 Å². The Kier molecular flexibility index (Phi) is 10.4. The van der Waals surface area contributed by atoms with Crippen molar-refractivity contribution < 1.29 is 28.7 Å². The fraction of sp³-hybridized carbons (Fsp3) is 0.607. The van der Waals surface area contributed by atoms with Gasteiger partial charge < -0.3 is 26.0 Å². The number of carbonyl (C=O) groups is 5. The first-order chi connectivity index (χ1) is 18.4. The molecule has 1 saturated heterocycles. The number of hydrogen-bond donors (Lipinski definition) is 4. The van der Waals surface area contributed by atoms with Crippen molar-refractivity contribution in [2.45, 2.75) is 83.3 Å². The van der Waals surface area contributed by atoms with Crippen LogP contribution in [0, 0.1) is 11.8 Å². The summed E-state index contributed by atoms with van der Waals surface area (Å²) in [5.74, 6) is -2.89. The van der Waals surface area contributed by atoms with Gasteiger partial charge in [0.15, 0.2) is 0 Å². The van der Waals surface area contributed by atoms with Crippen molar-refractivity contribution in [2.75, 3.05) is 13.2 Å². The number of ketones is 1. The molecule has 39 heavy (non-hydrogen) atoms. The minimum atomic E-state index is -1.20. The van der Waals surface area contributed by atoms with Crippen LogP contribution in [0.5, 0.6) is 0 Å². The third-order valence-electron chi connectivity index (χ3n) is 6.94. The van der Waals surface area contributed by atoms with Crippen molar-refractivity contribution in [3.05, 3.63) is 34.9 Å². The molecule has 0 spiro atoms. The van der Waals surface area contributed by atoms with E-state index in [1.54, 1.807) is 12.1 Å². The third-order valence-corrected chi connectivity index (χ3v) is 7.17. The number of halogens is 1. The Hall–Kier alpha value is -3.14. The van der Waals surface area contributed by atoms with Crippen molar-refractivity contribution in [1.82, 2.24) is 21.3 Å². The van der Waals surface area contributed by atoms with Crippen molar-refractivity contribution >= 4 is 41.2 Å². The molecule has 10 nitrogen and oxygen atoms in total. The average molecular weight is 563 g/mol. The third kappa shape index (κ3) is 9.23. The first-order valence-electron chi connectivity index (χ1n) is 13.5. The highest BCUT2D eigenvalue weighted by atomic mass is 35.5. The molecule has 1 aliphatic heterocycles. The van der Waals surface area contributed by atoms with Crippen LogP contribution in [0.15, 0.2) is 24.3 Å². The van der Waals surface area contributed by atoms with Crippen molar-refractivity contribution in [3.63, 3.8) is 0 Å². The molecule has 1 heterocycles. The molecule has 4 amide bonds. The van der Waals surface area contributed by atoms with E-state index in [9.17, 15) is 24.0 Å². The number of alkyl carbamates (subject to hydrolysis) is 1. The van der Waals surface area contributed by atoms with Crippen LogP contribution >= 0.6 is 11.6 Å². The monoisotopic (exact) mass is 562 g/mol. The minimum absolute atomic E-state index is 0.00115. The summed E-state index contributed by atoms with van der Waals surface area (Å²) >= 11 is 6.10. The van der Waals surface area contributed by atoms with E-state index < -0.39 is 47.1 Å². The van der Waals surface area contributed by atoms with Gasteiger partial charge in [0.05, 0.1) is 6.04 Å². The van der Waals surface area contributed by atoms with Gasteiger partial charge in [-0.15, -0.1) is 0 Å². The van der Waals surface area contributed by atoms with Gasteiger partial charge >= 0.3 is 6.09 Å². The fourth-order valence-electron chi connectivity index (χ4n) is 4.43. The molecule has 11 heteroatoms. The van der Waals surface area contributed by atoms with Crippen molar-refractivity contribution in [1.29, 1.82) is 0 Å². The zero-order chi connectivity index (χ0) is 28.7. The lowest BCUT2D eigenvalue weighted by molar-refractivity contribution is -0.141. The van der Waals surface area contributed by atoms with Gasteiger partial charge in [0.1, 0.15) is 12.6 Å². The van der Waals surface area contributed by atoms with E-state index in [1.807, 2.05) is 39.8 Å². The van der Waals surface area contributed by atoms with Crippen LogP contribution in [-0.4, -0.2) is 60.9 Å². The molecule has 214 valence electrons. The van der Waals surface area contributed by atoms with Gasteiger partial charge in [-0.1, -0.05) is 51.4 Å². The summed E-state index contributed by atoms with van der Waals surface area (Å²) in [5, 5.41) is 11.2. The largest absolute Gasteiger partial charge is 0.449 e. The molecule has 1 aromatic rings. The molecule has 1 aromatic carbocycles. The summed E-state index contributed by atoms with van der Waals surface area (Å²) in [7, 11) is 0. The Balaban J connectivity index is 1.66. The Morgan fingerprint density at radius 2 is 1.82 bits per heavy atom. The lowest BCUT2D eigenvalue weighted by Crippen LogP contribution is -2.55. The fourth-order valence-corrected chi connectivity index (χ4v) is 4.62. The quantitative estimate of drug-likeness (QED) is 0.272. The standard InChI is InChI=1S/C28H39ClN4O6/c1-16(2)12-22(33-27(38)39-15-28(3,4)18-6-5-7-19(29)14-18)25(36)32-21(13-17-10-11-30-24(17)35)23(34)26(37)31-20-8-9-20/h5-7,14,16-17,20-22H,8-13,15H2,1-4H3,(H,30,35)(H,31,37)(H,32,36)(H,33,38)/t17-,21?,22?/m0/s1. The van der Waals surface area contributed by atoms with E-state index >= 15 is 0 Å². The maximum Gasteiger partial charge on any atom is 0.407 e. The van der Waals surface area contributed by atoms with E-state index in [-0.39, 0.29) is 37.3 Å². The molecule has 1 saturated carbocycles. The number of Topliss-reactive ketones (excluding diaryl/α,β-unsaturated/α-hetero) is 1. The molecule has 2 aliphatic rings.